The molecule has 0 bridgehead atoms. The number of fused-ring (bicyclic) bond motifs is 1. The maximum atomic E-state index is 12.5. The lowest BCUT2D eigenvalue weighted by molar-refractivity contribution is -0.125. The minimum atomic E-state index is -0.543. The Morgan fingerprint density at radius 1 is 1.27 bits per heavy atom. The molecule has 0 radical (unpaired) electrons. The third kappa shape index (κ3) is 3.76. The first-order valence-corrected chi connectivity index (χ1v) is 8.93. The van der Waals surface area contributed by atoms with E-state index in [4.69, 9.17) is 10.5 Å². The maximum Gasteiger partial charge on any atom is 0.350 e. The van der Waals surface area contributed by atoms with E-state index >= 15 is 0 Å². The van der Waals surface area contributed by atoms with Crippen molar-refractivity contribution in [3.8, 4) is 0 Å². The van der Waals surface area contributed by atoms with Crippen LogP contribution in [0.3, 0.4) is 0 Å². The number of nitrogens with two attached hydrogens (primary N) is 1. The standard InChI is InChI=1S/C18H19N3O4S/c1-25-18(24)16-13(6-7-26-16)20-15(22)10-21-9-12-5-3-2-4-11(12)8-14(21)17(19)23/h2-7,14H,8-10H2,1H3,(H2,19,23)(H,20,22)/t14-/m1/s1. The van der Waals surface area contributed by atoms with Crippen molar-refractivity contribution in [2.24, 2.45) is 5.73 Å². The van der Waals surface area contributed by atoms with Crippen molar-refractivity contribution in [1.82, 2.24) is 4.90 Å². The van der Waals surface area contributed by atoms with Crippen LogP contribution < -0.4 is 11.1 Å². The minimum Gasteiger partial charge on any atom is -0.465 e. The molecule has 2 amide bonds. The molecule has 2 heterocycles. The van der Waals surface area contributed by atoms with Crippen molar-refractivity contribution in [2.45, 2.75) is 19.0 Å². The van der Waals surface area contributed by atoms with E-state index in [0.717, 1.165) is 11.1 Å². The Bertz CT molecular complexity index is 848. The third-order valence-electron chi connectivity index (χ3n) is 4.33. The zero-order valence-corrected chi connectivity index (χ0v) is 15.0. The molecule has 0 unspecified atom stereocenters. The van der Waals surface area contributed by atoms with Gasteiger partial charge in [0.15, 0.2) is 0 Å². The Kier molecular flexibility index (Phi) is 5.34. The van der Waals surface area contributed by atoms with Gasteiger partial charge >= 0.3 is 5.97 Å². The zero-order chi connectivity index (χ0) is 18.7. The molecule has 0 saturated carbocycles. The monoisotopic (exact) mass is 373 g/mol. The minimum absolute atomic E-state index is 0.00159. The van der Waals surface area contributed by atoms with E-state index in [9.17, 15) is 14.4 Å². The van der Waals surface area contributed by atoms with Gasteiger partial charge in [-0.1, -0.05) is 24.3 Å². The summed E-state index contributed by atoms with van der Waals surface area (Å²) < 4.78 is 4.70. The fourth-order valence-corrected chi connectivity index (χ4v) is 3.82. The number of nitrogens with zero attached hydrogens (tertiary/aromatic N) is 1. The quantitative estimate of drug-likeness (QED) is 0.771. The summed E-state index contributed by atoms with van der Waals surface area (Å²) in [5, 5.41) is 4.41. The van der Waals surface area contributed by atoms with E-state index in [2.05, 4.69) is 5.32 Å². The first-order chi connectivity index (χ1) is 12.5. The lowest BCUT2D eigenvalue weighted by Crippen LogP contribution is -2.50. The normalized spacial score (nSPS) is 16.6. The number of anilines is 1. The van der Waals surface area contributed by atoms with Crippen molar-refractivity contribution in [3.05, 3.63) is 51.7 Å². The summed E-state index contributed by atoms with van der Waals surface area (Å²) in [5.41, 5.74) is 8.08. The molecular weight excluding hydrogens is 354 g/mol. The fraction of sp³-hybridized carbons (Fsp3) is 0.278. The predicted molar refractivity (Wildman–Crippen MR) is 97.8 cm³/mol. The first kappa shape index (κ1) is 18.1. The van der Waals surface area contributed by atoms with E-state index < -0.39 is 17.9 Å². The highest BCUT2D eigenvalue weighted by molar-refractivity contribution is 7.12. The molecule has 0 fully saturated rings. The summed E-state index contributed by atoms with van der Waals surface area (Å²) in [6.07, 6.45) is 0.477. The summed E-state index contributed by atoms with van der Waals surface area (Å²) in [5.74, 6) is -1.28. The zero-order valence-electron chi connectivity index (χ0n) is 14.2. The summed E-state index contributed by atoms with van der Waals surface area (Å²) in [7, 11) is 1.29. The van der Waals surface area contributed by atoms with Crippen LogP contribution >= 0.6 is 11.3 Å². The Morgan fingerprint density at radius 3 is 2.69 bits per heavy atom. The van der Waals surface area contributed by atoms with Crippen LogP contribution in [0.4, 0.5) is 5.69 Å². The van der Waals surface area contributed by atoms with Gasteiger partial charge in [-0.15, -0.1) is 11.3 Å². The molecule has 1 aliphatic heterocycles. The largest absolute Gasteiger partial charge is 0.465 e. The molecule has 2 aromatic rings. The average molecular weight is 373 g/mol. The van der Waals surface area contributed by atoms with E-state index in [1.807, 2.05) is 24.3 Å². The molecule has 1 atom stereocenters. The summed E-state index contributed by atoms with van der Waals surface area (Å²) in [6.45, 7) is 0.461. The number of esters is 1. The molecular formula is C18H19N3O4S. The second-order valence-corrected chi connectivity index (χ2v) is 6.92. The van der Waals surface area contributed by atoms with Gasteiger partial charge in [0.05, 0.1) is 25.4 Å². The number of methoxy groups -OCH3 is 1. The third-order valence-corrected chi connectivity index (χ3v) is 5.23. The molecule has 1 aliphatic rings. The Hall–Kier alpha value is -2.71. The molecule has 0 saturated heterocycles. The molecule has 0 aliphatic carbocycles. The SMILES string of the molecule is COC(=O)c1sccc1NC(=O)CN1Cc2ccccc2C[C@@H]1C(N)=O. The average Bonchev–Trinajstić information content (AvgIpc) is 3.08. The topological polar surface area (TPSA) is 102 Å². The van der Waals surface area contributed by atoms with Crippen LogP contribution in [0.1, 0.15) is 20.8 Å². The van der Waals surface area contributed by atoms with Crippen molar-refractivity contribution in [1.29, 1.82) is 0 Å². The molecule has 3 N–H and O–H groups in total. The van der Waals surface area contributed by atoms with E-state index in [-0.39, 0.29) is 12.5 Å². The van der Waals surface area contributed by atoms with Gasteiger partial charge in [0.1, 0.15) is 4.88 Å². The first-order valence-electron chi connectivity index (χ1n) is 8.05. The van der Waals surface area contributed by atoms with E-state index in [1.165, 1.54) is 18.4 Å². The number of amides is 2. The Balaban J connectivity index is 1.73. The second kappa shape index (κ2) is 7.67. The van der Waals surface area contributed by atoms with Gasteiger partial charge in [0.25, 0.3) is 0 Å². The van der Waals surface area contributed by atoms with Gasteiger partial charge < -0.3 is 15.8 Å². The lowest BCUT2D eigenvalue weighted by Gasteiger charge is -2.34. The number of thiophene rings is 1. The smallest absolute Gasteiger partial charge is 0.350 e. The predicted octanol–water partition coefficient (Wildman–Crippen LogP) is 1.39. The molecule has 1 aromatic heterocycles. The molecule has 3 rings (SSSR count). The number of nitrogens with one attached hydrogen (secondary N) is 1. The number of carbonyl (C=O) groups is 3. The number of hydrogen-bond donors (Lipinski definition) is 2. The Morgan fingerprint density at radius 2 is 2.00 bits per heavy atom. The van der Waals surface area contributed by atoms with E-state index in [0.29, 0.717) is 23.5 Å². The molecule has 7 nitrogen and oxygen atoms in total. The van der Waals surface area contributed by atoms with Gasteiger partial charge in [-0.3, -0.25) is 14.5 Å². The highest BCUT2D eigenvalue weighted by Gasteiger charge is 2.31. The molecule has 8 heteroatoms. The maximum absolute atomic E-state index is 12.5. The van der Waals surface area contributed by atoms with Crippen LogP contribution in [0.5, 0.6) is 0 Å². The van der Waals surface area contributed by atoms with Crippen LogP contribution in [0.25, 0.3) is 0 Å². The molecule has 1 aromatic carbocycles. The highest BCUT2D eigenvalue weighted by atomic mass is 32.1. The summed E-state index contributed by atoms with van der Waals surface area (Å²) in [6, 6.07) is 8.90. The van der Waals surface area contributed by atoms with Crippen LogP contribution in [0, 0.1) is 0 Å². The van der Waals surface area contributed by atoms with Crippen molar-refractivity contribution in [2.75, 3.05) is 19.0 Å². The van der Waals surface area contributed by atoms with Gasteiger partial charge in [-0.2, -0.15) is 0 Å². The fourth-order valence-electron chi connectivity index (χ4n) is 3.06. The Labute approximate surface area is 154 Å². The summed E-state index contributed by atoms with van der Waals surface area (Å²) >= 11 is 1.19. The number of carbonyl (C=O) groups excluding carboxylic acids is 3. The van der Waals surface area contributed by atoms with Gasteiger partial charge in [0, 0.05) is 6.54 Å². The molecule has 0 spiro atoms. The van der Waals surface area contributed by atoms with E-state index in [1.54, 1.807) is 16.3 Å². The van der Waals surface area contributed by atoms with Gasteiger partial charge in [0.2, 0.25) is 11.8 Å². The van der Waals surface area contributed by atoms with Crippen molar-refractivity contribution < 1.29 is 19.1 Å². The van der Waals surface area contributed by atoms with Crippen LogP contribution in [0.15, 0.2) is 35.7 Å². The number of ether oxygens (including phenoxy) is 1. The number of rotatable bonds is 5. The van der Waals surface area contributed by atoms with Crippen molar-refractivity contribution >= 4 is 34.8 Å². The van der Waals surface area contributed by atoms with Crippen molar-refractivity contribution in [3.63, 3.8) is 0 Å². The number of primary amides is 1. The van der Waals surface area contributed by atoms with Crippen LogP contribution in [0.2, 0.25) is 0 Å². The highest BCUT2D eigenvalue weighted by Crippen LogP contribution is 2.25. The van der Waals surface area contributed by atoms with Gasteiger partial charge in [-0.25, -0.2) is 4.79 Å². The molecule has 26 heavy (non-hydrogen) atoms. The number of benzene rings is 1. The second-order valence-electron chi connectivity index (χ2n) is 6.00. The van der Waals surface area contributed by atoms with Crippen LogP contribution in [-0.2, 0) is 27.3 Å². The van der Waals surface area contributed by atoms with Gasteiger partial charge in [-0.05, 0) is 29.0 Å². The number of hydrogen-bond acceptors (Lipinski definition) is 6. The van der Waals surface area contributed by atoms with Crippen LogP contribution in [-0.4, -0.2) is 42.4 Å². The molecule has 136 valence electrons. The lowest BCUT2D eigenvalue weighted by atomic mass is 9.93. The summed E-state index contributed by atoms with van der Waals surface area (Å²) in [4.78, 5) is 38.1.